The zero-order chi connectivity index (χ0) is 22.9. The normalized spacial score (nSPS) is 11.5. The third-order valence-electron chi connectivity index (χ3n) is 6.18. The highest BCUT2D eigenvalue weighted by Gasteiger charge is 2.18. The SMILES string of the molecule is CCCc1nc2c(C)ccnc2n1Cc1ccc(-c2c(-c3nnn[nH]3)cc(C)n2CC)cc1. The lowest BCUT2D eigenvalue weighted by Crippen LogP contribution is -2.06. The first kappa shape index (κ1) is 21.1. The van der Waals surface area contributed by atoms with Gasteiger partial charge in [-0.1, -0.05) is 31.2 Å². The van der Waals surface area contributed by atoms with E-state index in [-0.39, 0.29) is 0 Å². The van der Waals surface area contributed by atoms with Crippen LogP contribution in [0.25, 0.3) is 33.8 Å². The lowest BCUT2D eigenvalue weighted by Gasteiger charge is -2.12. The number of hydrogen-bond donors (Lipinski definition) is 1. The molecule has 8 heteroatoms. The molecule has 1 N–H and O–H groups in total. The van der Waals surface area contributed by atoms with Crippen LogP contribution in [0, 0.1) is 13.8 Å². The van der Waals surface area contributed by atoms with Gasteiger partial charge in [0.25, 0.3) is 0 Å². The molecule has 4 aromatic heterocycles. The number of nitrogens with zero attached hydrogens (tertiary/aromatic N) is 7. The molecule has 1 aromatic carbocycles. The number of benzene rings is 1. The van der Waals surface area contributed by atoms with Crippen LogP contribution in [-0.4, -0.2) is 39.7 Å². The standard InChI is InChI=1S/C25H28N8/c1-5-7-21-27-22-16(3)12-13-26-25(22)33(21)15-18-8-10-19(11-9-18)23-20(24-28-30-31-29-24)14-17(4)32(23)6-2/h8-14H,5-7,15H2,1-4H3,(H,28,29,30,31). The zero-order valence-electron chi connectivity index (χ0n) is 19.5. The van der Waals surface area contributed by atoms with Crippen LogP contribution in [-0.2, 0) is 19.5 Å². The maximum atomic E-state index is 4.90. The van der Waals surface area contributed by atoms with Crippen LogP contribution in [0.4, 0.5) is 0 Å². The molecule has 0 amide bonds. The van der Waals surface area contributed by atoms with Crippen molar-refractivity contribution >= 4 is 11.2 Å². The van der Waals surface area contributed by atoms with Gasteiger partial charge in [-0.2, -0.15) is 0 Å². The molecule has 5 rings (SSSR count). The van der Waals surface area contributed by atoms with Crippen molar-refractivity contribution in [2.24, 2.45) is 0 Å². The highest BCUT2D eigenvalue weighted by molar-refractivity contribution is 5.79. The van der Waals surface area contributed by atoms with E-state index in [2.05, 4.69) is 92.8 Å². The smallest absolute Gasteiger partial charge is 0.181 e. The van der Waals surface area contributed by atoms with Crippen molar-refractivity contribution in [3.05, 3.63) is 65.2 Å². The molecule has 168 valence electrons. The van der Waals surface area contributed by atoms with Gasteiger partial charge < -0.3 is 9.13 Å². The lowest BCUT2D eigenvalue weighted by molar-refractivity contribution is 0.716. The van der Waals surface area contributed by atoms with E-state index in [0.29, 0.717) is 5.82 Å². The van der Waals surface area contributed by atoms with Crippen LogP contribution < -0.4 is 0 Å². The minimum Gasteiger partial charge on any atom is -0.345 e. The molecule has 0 fully saturated rings. The zero-order valence-corrected chi connectivity index (χ0v) is 19.5. The van der Waals surface area contributed by atoms with Gasteiger partial charge in [-0.05, 0) is 66.4 Å². The molecule has 0 atom stereocenters. The Balaban J connectivity index is 1.53. The topological polar surface area (TPSA) is 90.1 Å². The number of fused-ring (bicyclic) bond motifs is 1. The Kier molecular flexibility index (Phi) is 5.50. The number of nitrogens with one attached hydrogen (secondary N) is 1. The molecule has 33 heavy (non-hydrogen) atoms. The highest BCUT2D eigenvalue weighted by Crippen LogP contribution is 2.33. The summed E-state index contributed by atoms with van der Waals surface area (Å²) in [7, 11) is 0. The summed E-state index contributed by atoms with van der Waals surface area (Å²) in [6, 6.07) is 12.9. The number of tetrazole rings is 1. The van der Waals surface area contributed by atoms with Gasteiger partial charge in [-0.25, -0.2) is 15.1 Å². The molecule has 0 bridgehead atoms. The Bertz CT molecular complexity index is 1390. The molecule has 0 aliphatic carbocycles. The van der Waals surface area contributed by atoms with Gasteiger partial charge >= 0.3 is 0 Å². The van der Waals surface area contributed by atoms with Gasteiger partial charge in [0.05, 0.1) is 12.2 Å². The maximum absolute atomic E-state index is 4.90. The third-order valence-corrected chi connectivity index (χ3v) is 6.18. The van der Waals surface area contributed by atoms with Crippen LogP contribution in [0.5, 0.6) is 0 Å². The number of rotatable bonds is 7. The van der Waals surface area contributed by atoms with Gasteiger partial charge in [0, 0.05) is 30.4 Å². The summed E-state index contributed by atoms with van der Waals surface area (Å²) in [6.45, 7) is 10.2. The molecule has 5 aromatic rings. The summed E-state index contributed by atoms with van der Waals surface area (Å²) >= 11 is 0. The van der Waals surface area contributed by atoms with Crippen molar-refractivity contribution < 1.29 is 0 Å². The van der Waals surface area contributed by atoms with E-state index in [1.54, 1.807) is 0 Å². The van der Waals surface area contributed by atoms with Crippen molar-refractivity contribution in [3.8, 4) is 22.6 Å². The lowest BCUT2D eigenvalue weighted by atomic mass is 10.0. The second kappa shape index (κ2) is 8.61. The second-order valence-corrected chi connectivity index (χ2v) is 8.40. The first-order valence-electron chi connectivity index (χ1n) is 11.4. The quantitative estimate of drug-likeness (QED) is 0.396. The summed E-state index contributed by atoms with van der Waals surface area (Å²) in [5, 5.41) is 14.6. The Morgan fingerprint density at radius 3 is 2.52 bits per heavy atom. The minimum atomic E-state index is 0.680. The molecule has 0 unspecified atom stereocenters. The molecule has 4 heterocycles. The van der Waals surface area contributed by atoms with Crippen LogP contribution in [0.15, 0.2) is 42.6 Å². The highest BCUT2D eigenvalue weighted by atomic mass is 15.5. The summed E-state index contributed by atoms with van der Waals surface area (Å²) < 4.78 is 4.55. The molecular weight excluding hydrogens is 412 g/mol. The number of H-pyrrole nitrogens is 1. The van der Waals surface area contributed by atoms with Gasteiger partial charge in [-0.15, -0.1) is 5.10 Å². The number of pyridine rings is 1. The first-order chi connectivity index (χ1) is 16.1. The van der Waals surface area contributed by atoms with E-state index in [0.717, 1.165) is 65.3 Å². The fourth-order valence-electron chi connectivity index (χ4n) is 4.56. The van der Waals surface area contributed by atoms with E-state index < -0.39 is 0 Å². The fraction of sp³-hybridized carbons (Fsp3) is 0.320. The minimum absolute atomic E-state index is 0.680. The number of hydrogen-bond acceptors (Lipinski definition) is 5. The van der Waals surface area contributed by atoms with E-state index in [1.807, 2.05) is 12.3 Å². The average molecular weight is 441 g/mol. The molecule has 8 nitrogen and oxygen atoms in total. The van der Waals surface area contributed by atoms with Gasteiger partial charge in [0.15, 0.2) is 11.5 Å². The molecule has 0 aliphatic heterocycles. The summed E-state index contributed by atoms with van der Waals surface area (Å²) in [6.07, 6.45) is 3.86. The van der Waals surface area contributed by atoms with Crippen molar-refractivity contribution in [2.75, 3.05) is 0 Å². The molecule has 0 spiro atoms. The third kappa shape index (κ3) is 3.71. The van der Waals surface area contributed by atoms with Crippen LogP contribution in [0.2, 0.25) is 0 Å². The van der Waals surface area contributed by atoms with Gasteiger partial charge in [-0.3, -0.25) is 0 Å². The van der Waals surface area contributed by atoms with Crippen LogP contribution in [0.1, 0.15) is 42.9 Å². The van der Waals surface area contributed by atoms with Crippen molar-refractivity contribution in [3.63, 3.8) is 0 Å². The number of aryl methyl sites for hydroxylation is 3. The van der Waals surface area contributed by atoms with Crippen molar-refractivity contribution in [1.29, 1.82) is 0 Å². The van der Waals surface area contributed by atoms with Gasteiger partial charge in [0.2, 0.25) is 0 Å². The molecule has 0 aliphatic rings. The summed E-state index contributed by atoms with van der Waals surface area (Å²) in [4.78, 5) is 9.55. The van der Waals surface area contributed by atoms with Crippen LogP contribution >= 0.6 is 0 Å². The van der Waals surface area contributed by atoms with Crippen molar-refractivity contribution in [2.45, 2.75) is 53.6 Å². The van der Waals surface area contributed by atoms with E-state index in [4.69, 9.17) is 4.98 Å². The Labute approximate surface area is 192 Å². The predicted octanol–water partition coefficient (Wildman–Crippen LogP) is 4.72. The van der Waals surface area contributed by atoms with E-state index >= 15 is 0 Å². The first-order valence-corrected chi connectivity index (χ1v) is 11.4. The molecule has 0 saturated carbocycles. The number of imidazole rings is 1. The molecule has 0 saturated heterocycles. The Hall–Kier alpha value is -3.81. The van der Waals surface area contributed by atoms with E-state index in [1.165, 1.54) is 11.3 Å². The van der Waals surface area contributed by atoms with E-state index in [9.17, 15) is 0 Å². The monoisotopic (exact) mass is 440 g/mol. The molecular formula is C25H28N8. The average Bonchev–Trinajstić information content (AvgIpc) is 3.54. The van der Waals surface area contributed by atoms with Gasteiger partial charge in [0.1, 0.15) is 11.3 Å². The number of aromatic nitrogens is 8. The number of aromatic amines is 1. The second-order valence-electron chi connectivity index (χ2n) is 8.40. The largest absolute Gasteiger partial charge is 0.345 e. The maximum Gasteiger partial charge on any atom is 0.181 e. The summed E-state index contributed by atoms with van der Waals surface area (Å²) in [5.74, 6) is 1.77. The Morgan fingerprint density at radius 1 is 1.00 bits per heavy atom. The fourth-order valence-corrected chi connectivity index (χ4v) is 4.56. The van der Waals surface area contributed by atoms with Crippen LogP contribution in [0.3, 0.4) is 0 Å². The van der Waals surface area contributed by atoms with Crippen molar-refractivity contribution in [1.82, 2.24) is 39.7 Å². The molecule has 0 radical (unpaired) electrons. The predicted molar refractivity (Wildman–Crippen MR) is 129 cm³/mol. The summed E-state index contributed by atoms with van der Waals surface area (Å²) in [5.41, 5.74) is 8.79. The Morgan fingerprint density at radius 2 is 1.82 bits per heavy atom.